The van der Waals surface area contributed by atoms with Crippen molar-refractivity contribution < 1.29 is 4.74 Å². The summed E-state index contributed by atoms with van der Waals surface area (Å²) in [6.07, 6.45) is 0. The van der Waals surface area contributed by atoms with Crippen LogP contribution in [-0.4, -0.2) is 22.2 Å². The van der Waals surface area contributed by atoms with E-state index in [0.717, 1.165) is 11.5 Å². The van der Waals surface area contributed by atoms with Crippen LogP contribution in [0.5, 0.6) is 11.8 Å². The minimum absolute atomic E-state index is 0.522. The summed E-state index contributed by atoms with van der Waals surface area (Å²) in [6.45, 7) is 1.91. The van der Waals surface area contributed by atoms with E-state index in [1.54, 1.807) is 6.07 Å². The van der Waals surface area contributed by atoms with Crippen LogP contribution in [0.1, 0.15) is 5.69 Å². The zero-order valence-electron chi connectivity index (χ0n) is 8.61. The van der Waals surface area contributed by atoms with Crippen LogP contribution < -0.4 is 10.1 Å². The Morgan fingerprint density at radius 3 is 2.87 bits per heavy atom. The number of ether oxygens (including phenoxy) is 1. The highest BCUT2D eigenvalue weighted by Crippen LogP contribution is 2.18. The Kier molecular flexibility index (Phi) is 2.53. The lowest BCUT2D eigenvalue weighted by Crippen LogP contribution is -1.94. The topological polar surface area (TPSA) is 62.8 Å². The highest BCUT2D eigenvalue weighted by atomic mass is 16.5. The fourth-order valence-electron chi connectivity index (χ4n) is 1.16. The Bertz CT molecular complexity index is 452. The van der Waals surface area contributed by atoms with E-state index in [0.29, 0.717) is 11.8 Å². The molecule has 0 bridgehead atoms. The molecule has 0 spiro atoms. The van der Waals surface area contributed by atoms with Gasteiger partial charge < -0.3 is 10.1 Å². The molecule has 2 N–H and O–H groups in total. The highest BCUT2D eigenvalue weighted by Gasteiger charge is 2.02. The molecule has 0 radical (unpaired) electrons. The number of hydrogen-bond acceptors (Lipinski definition) is 4. The first-order chi connectivity index (χ1) is 7.28. The van der Waals surface area contributed by atoms with Gasteiger partial charge in [-0.15, -0.1) is 5.10 Å². The van der Waals surface area contributed by atoms with Crippen molar-refractivity contribution in [3.8, 4) is 11.8 Å². The van der Waals surface area contributed by atoms with Crippen molar-refractivity contribution in [1.82, 2.24) is 15.2 Å². The van der Waals surface area contributed by atoms with Gasteiger partial charge in [0.2, 0.25) is 11.8 Å². The quantitative estimate of drug-likeness (QED) is 0.802. The van der Waals surface area contributed by atoms with Crippen LogP contribution in [0.2, 0.25) is 0 Å². The molecule has 0 saturated carbocycles. The van der Waals surface area contributed by atoms with E-state index in [1.165, 1.54) is 0 Å². The molecule has 0 aliphatic carbocycles. The first-order valence-corrected chi connectivity index (χ1v) is 4.62. The van der Waals surface area contributed by atoms with Gasteiger partial charge >= 0.3 is 0 Å². The molecule has 5 nitrogen and oxygen atoms in total. The van der Waals surface area contributed by atoms with Gasteiger partial charge in [0.1, 0.15) is 5.82 Å². The van der Waals surface area contributed by atoms with Crippen LogP contribution in [-0.2, 0) is 0 Å². The van der Waals surface area contributed by atoms with Gasteiger partial charge in [0.05, 0.1) is 0 Å². The van der Waals surface area contributed by atoms with Crippen LogP contribution in [0.25, 0.3) is 0 Å². The Hall–Kier alpha value is -2.04. The second-order valence-electron chi connectivity index (χ2n) is 3.10. The molecule has 0 saturated heterocycles. The molecule has 2 rings (SSSR count). The van der Waals surface area contributed by atoms with E-state index < -0.39 is 0 Å². The Morgan fingerprint density at radius 2 is 2.20 bits per heavy atom. The highest BCUT2D eigenvalue weighted by molar-refractivity contribution is 5.36. The number of aryl methyl sites for hydroxylation is 1. The van der Waals surface area contributed by atoms with E-state index in [2.05, 4.69) is 20.5 Å². The summed E-state index contributed by atoms with van der Waals surface area (Å²) in [5.41, 5.74) is 0.953. The SMILES string of the molecule is CNc1cccc(Oc2cc(C)[nH]n2)n1. The molecule has 0 atom stereocenters. The number of rotatable bonds is 3. The van der Waals surface area contributed by atoms with Gasteiger partial charge in [0.15, 0.2) is 0 Å². The molecule has 5 heteroatoms. The van der Waals surface area contributed by atoms with Gasteiger partial charge in [0, 0.05) is 24.9 Å². The van der Waals surface area contributed by atoms with Crippen LogP contribution in [0.15, 0.2) is 24.3 Å². The second kappa shape index (κ2) is 4.00. The zero-order chi connectivity index (χ0) is 10.7. The van der Waals surface area contributed by atoms with Gasteiger partial charge in [-0.1, -0.05) is 6.07 Å². The summed E-state index contributed by atoms with van der Waals surface area (Å²) in [5.74, 6) is 1.81. The summed E-state index contributed by atoms with van der Waals surface area (Å²) >= 11 is 0. The molecular weight excluding hydrogens is 192 g/mol. The predicted octanol–water partition coefficient (Wildman–Crippen LogP) is 1.95. The molecule has 0 amide bonds. The van der Waals surface area contributed by atoms with Gasteiger partial charge in [-0.05, 0) is 13.0 Å². The average Bonchev–Trinajstić information content (AvgIpc) is 2.64. The van der Waals surface area contributed by atoms with E-state index in [9.17, 15) is 0 Å². The van der Waals surface area contributed by atoms with Crippen molar-refractivity contribution >= 4 is 5.82 Å². The van der Waals surface area contributed by atoms with Crippen molar-refractivity contribution in [1.29, 1.82) is 0 Å². The third-order valence-electron chi connectivity index (χ3n) is 1.87. The van der Waals surface area contributed by atoms with Crippen molar-refractivity contribution in [2.75, 3.05) is 12.4 Å². The molecule has 0 fully saturated rings. The van der Waals surface area contributed by atoms with Gasteiger partial charge in [-0.25, -0.2) is 0 Å². The number of anilines is 1. The third-order valence-corrected chi connectivity index (χ3v) is 1.87. The number of pyridine rings is 1. The average molecular weight is 204 g/mol. The Balaban J connectivity index is 2.16. The molecule has 0 aliphatic rings. The number of H-pyrrole nitrogens is 1. The maximum Gasteiger partial charge on any atom is 0.240 e. The third kappa shape index (κ3) is 2.25. The first kappa shape index (κ1) is 9.51. The Labute approximate surface area is 87.5 Å². The fraction of sp³-hybridized carbons (Fsp3) is 0.200. The minimum Gasteiger partial charge on any atom is -0.419 e. The molecule has 15 heavy (non-hydrogen) atoms. The summed E-state index contributed by atoms with van der Waals surface area (Å²) in [4.78, 5) is 4.21. The molecule has 0 unspecified atom stereocenters. The smallest absolute Gasteiger partial charge is 0.240 e. The van der Waals surface area contributed by atoms with Crippen LogP contribution >= 0.6 is 0 Å². The normalized spacial score (nSPS) is 10.0. The molecule has 2 heterocycles. The fourth-order valence-corrected chi connectivity index (χ4v) is 1.16. The van der Waals surface area contributed by atoms with Crippen molar-refractivity contribution in [3.05, 3.63) is 30.0 Å². The largest absolute Gasteiger partial charge is 0.419 e. The minimum atomic E-state index is 0.522. The lowest BCUT2D eigenvalue weighted by atomic mass is 10.4. The Morgan fingerprint density at radius 1 is 1.33 bits per heavy atom. The number of aromatic amines is 1. The maximum absolute atomic E-state index is 5.45. The molecule has 78 valence electrons. The summed E-state index contributed by atoms with van der Waals surface area (Å²) in [5, 5.41) is 9.70. The summed E-state index contributed by atoms with van der Waals surface area (Å²) < 4.78 is 5.45. The van der Waals surface area contributed by atoms with E-state index in [-0.39, 0.29) is 0 Å². The monoisotopic (exact) mass is 204 g/mol. The van der Waals surface area contributed by atoms with Gasteiger partial charge in [-0.2, -0.15) is 4.98 Å². The number of nitrogens with one attached hydrogen (secondary N) is 2. The number of aromatic nitrogens is 3. The maximum atomic E-state index is 5.45. The second-order valence-corrected chi connectivity index (χ2v) is 3.10. The lowest BCUT2D eigenvalue weighted by Gasteiger charge is -2.02. The van der Waals surface area contributed by atoms with Crippen LogP contribution in [0.4, 0.5) is 5.82 Å². The standard InChI is InChI=1S/C10H12N4O/c1-7-6-10(14-13-7)15-9-5-3-4-8(11-2)12-9/h3-6H,1-2H3,(H,11,12)(H,13,14). The number of nitrogens with zero attached hydrogens (tertiary/aromatic N) is 2. The van der Waals surface area contributed by atoms with Crippen LogP contribution in [0, 0.1) is 6.92 Å². The van der Waals surface area contributed by atoms with Crippen LogP contribution in [0.3, 0.4) is 0 Å². The molecule has 2 aromatic heterocycles. The summed E-state index contributed by atoms with van der Waals surface area (Å²) in [6, 6.07) is 7.33. The van der Waals surface area contributed by atoms with Gasteiger partial charge in [0.25, 0.3) is 0 Å². The van der Waals surface area contributed by atoms with E-state index in [4.69, 9.17) is 4.74 Å². The molecular formula is C10H12N4O. The zero-order valence-corrected chi connectivity index (χ0v) is 8.61. The van der Waals surface area contributed by atoms with Crippen molar-refractivity contribution in [2.45, 2.75) is 6.92 Å². The lowest BCUT2D eigenvalue weighted by molar-refractivity contribution is 0.444. The van der Waals surface area contributed by atoms with E-state index in [1.807, 2.05) is 32.2 Å². The molecule has 0 aliphatic heterocycles. The number of hydrogen-bond donors (Lipinski definition) is 2. The molecule has 2 aromatic rings. The van der Waals surface area contributed by atoms with Crippen molar-refractivity contribution in [3.63, 3.8) is 0 Å². The van der Waals surface area contributed by atoms with Crippen molar-refractivity contribution in [2.24, 2.45) is 0 Å². The summed E-state index contributed by atoms with van der Waals surface area (Å²) in [7, 11) is 1.81. The first-order valence-electron chi connectivity index (χ1n) is 4.62. The predicted molar refractivity (Wildman–Crippen MR) is 57.2 cm³/mol. The van der Waals surface area contributed by atoms with Gasteiger partial charge in [-0.3, -0.25) is 5.10 Å². The van der Waals surface area contributed by atoms with E-state index >= 15 is 0 Å². The molecule has 0 aromatic carbocycles.